The van der Waals surface area contributed by atoms with E-state index >= 15 is 0 Å². The second-order valence-electron chi connectivity index (χ2n) is 5.07. The lowest BCUT2D eigenvalue weighted by Gasteiger charge is -2.19. The summed E-state index contributed by atoms with van der Waals surface area (Å²) in [7, 11) is 0. The molecule has 0 saturated heterocycles. The molecule has 1 aromatic rings. The standard InChI is InChI=1S/C16H27N3O2/c1-4-13(8-10-20)12-18-14-7-9-17-15(11-14)16(21)19(5-2)6-3/h7,9,11,13,20H,4-6,8,10,12H2,1-3H3,(H,17,18). The van der Waals surface area contributed by atoms with Gasteiger partial charge in [0.1, 0.15) is 5.69 Å². The van der Waals surface area contributed by atoms with Gasteiger partial charge >= 0.3 is 0 Å². The van der Waals surface area contributed by atoms with Crippen LogP contribution in [0.4, 0.5) is 5.69 Å². The van der Waals surface area contributed by atoms with Crippen molar-refractivity contribution in [1.82, 2.24) is 9.88 Å². The first-order chi connectivity index (χ1) is 10.2. The van der Waals surface area contributed by atoms with Crippen molar-refractivity contribution in [2.75, 3.05) is 31.6 Å². The number of nitrogens with one attached hydrogen (secondary N) is 1. The van der Waals surface area contributed by atoms with E-state index in [-0.39, 0.29) is 12.5 Å². The Morgan fingerprint density at radius 3 is 2.67 bits per heavy atom. The average Bonchev–Trinajstić information content (AvgIpc) is 2.52. The van der Waals surface area contributed by atoms with E-state index in [0.717, 1.165) is 25.1 Å². The maximum absolute atomic E-state index is 12.3. The van der Waals surface area contributed by atoms with Crippen molar-refractivity contribution < 1.29 is 9.90 Å². The number of hydrogen-bond donors (Lipinski definition) is 2. The lowest BCUT2D eigenvalue weighted by molar-refractivity contribution is 0.0767. The van der Waals surface area contributed by atoms with Crippen molar-refractivity contribution >= 4 is 11.6 Å². The van der Waals surface area contributed by atoms with Crippen LogP contribution in [-0.4, -0.2) is 47.1 Å². The molecule has 118 valence electrons. The van der Waals surface area contributed by atoms with E-state index < -0.39 is 0 Å². The van der Waals surface area contributed by atoms with Gasteiger partial charge in [0.25, 0.3) is 5.91 Å². The summed E-state index contributed by atoms with van der Waals surface area (Å²) in [6, 6.07) is 3.66. The van der Waals surface area contributed by atoms with Gasteiger partial charge < -0.3 is 15.3 Å². The zero-order valence-corrected chi connectivity index (χ0v) is 13.3. The molecule has 1 rings (SSSR count). The van der Waals surface area contributed by atoms with Gasteiger partial charge in [-0.2, -0.15) is 0 Å². The molecule has 0 radical (unpaired) electrons. The van der Waals surface area contributed by atoms with Crippen LogP contribution in [0.25, 0.3) is 0 Å². The molecule has 0 fully saturated rings. The Morgan fingerprint density at radius 1 is 1.38 bits per heavy atom. The third kappa shape index (κ3) is 5.34. The number of carbonyl (C=O) groups is 1. The zero-order chi connectivity index (χ0) is 15.7. The van der Waals surface area contributed by atoms with Crippen LogP contribution in [0, 0.1) is 5.92 Å². The van der Waals surface area contributed by atoms with Gasteiger partial charge in [0, 0.05) is 38.1 Å². The summed E-state index contributed by atoms with van der Waals surface area (Å²) in [6.07, 6.45) is 3.47. The average molecular weight is 293 g/mol. The highest BCUT2D eigenvalue weighted by molar-refractivity contribution is 5.93. The van der Waals surface area contributed by atoms with Crippen molar-refractivity contribution in [2.45, 2.75) is 33.6 Å². The van der Waals surface area contributed by atoms with Crippen molar-refractivity contribution in [3.05, 3.63) is 24.0 Å². The molecule has 1 atom stereocenters. The summed E-state index contributed by atoms with van der Waals surface area (Å²) >= 11 is 0. The van der Waals surface area contributed by atoms with Crippen LogP contribution in [0.5, 0.6) is 0 Å². The first kappa shape index (κ1) is 17.4. The fraction of sp³-hybridized carbons (Fsp3) is 0.625. The smallest absolute Gasteiger partial charge is 0.272 e. The Labute approximate surface area is 127 Å². The molecule has 0 aliphatic carbocycles. The fourth-order valence-corrected chi connectivity index (χ4v) is 2.23. The quantitative estimate of drug-likeness (QED) is 0.733. The Balaban J connectivity index is 2.70. The minimum absolute atomic E-state index is 0.0361. The number of aliphatic hydroxyl groups excluding tert-OH is 1. The fourth-order valence-electron chi connectivity index (χ4n) is 2.23. The molecule has 0 aliphatic rings. The van der Waals surface area contributed by atoms with Gasteiger partial charge in [-0.25, -0.2) is 0 Å². The molecule has 1 aromatic heterocycles. The molecule has 0 saturated carbocycles. The lowest BCUT2D eigenvalue weighted by atomic mass is 10.0. The van der Waals surface area contributed by atoms with E-state index in [2.05, 4.69) is 17.2 Å². The number of rotatable bonds is 9. The van der Waals surface area contributed by atoms with Crippen LogP contribution in [0.1, 0.15) is 44.1 Å². The van der Waals surface area contributed by atoms with Crippen LogP contribution in [0.15, 0.2) is 18.3 Å². The minimum Gasteiger partial charge on any atom is -0.396 e. The van der Waals surface area contributed by atoms with Gasteiger partial charge in [0.15, 0.2) is 0 Å². The molecule has 21 heavy (non-hydrogen) atoms. The molecule has 1 unspecified atom stereocenters. The highest BCUT2D eigenvalue weighted by atomic mass is 16.3. The van der Waals surface area contributed by atoms with Crippen molar-refractivity contribution in [1.29, 1.82) is 0 Å². The van der Waals surface area contributed by atoms with Gasteiger partial charge in [-0.1, -0.05) is 13.3 Å². The summed E-state index contributed by atoms with van der Waals surface area (Å²) < 4.78 is 0. The summed E-state index contributed by atoms with van der Waals surface area (Å²) in [5.74, 6) is 0.399. The van der Waals surface area contributed by atoms with E-state index in [1.807, 2.05) is 19.9 Å². The van der Waals surface area contributed by atoms with Crippen LogP contribution in [0.2, 0.25) is 0 Å². The van der Waals surface area contributed by atoms with Crippen LogP contribution in [0.3, 0.4) is 0 Å². The molecule has 5 nitrogen and oxygen atoms in total. The number of anilines is 1. The lowest BCUT2D eigenvalue weighted by Crippen LogP contribution is -2.31. The second kappa shape index (κ2) is 9.34. The molecular formula is C16H27N3O2. The molecule has 0 aromatic carbocycles. The van der Waals surface area contributed by atoms with Crippen molar-refractivity contribution in [3.8, 4) is 0 Å². The first-order valence-electron chi connectivity index (χ1n) is 7.76. The Hall–Kier alpha value is -1.62. The van der Waals surface area contributed by atoms with Gasteiger partial charge in [0.05, 0.1) is 0 Å². The molecule has 1 heterocycles. The van der Waals surface area contributed by atoms with Gasteiger partial charge in [0.2, 0.25) is 0 Å². The Bertz CT molecular complexity index is 433. The van der Waals surface area contributed by atoms with Crippen LogP contribution >= 0.6 is 0 Å². The SMILES string of the molecule is CCC(CCO)CNc1ccnc(C(=O)N(CC)CC)c1. The third-order valence-corrected chi connectivity index (χ3v) is 3.74. The number of aliphatic hydroxyl groups is 1. The van der Waals surface area contributed by atoms with Crippen LogP contribution in [-0.2, 0) is 0 Å². The third-order valence-electron chi connectivity index (χ3n) is 3.74. The number of pyridine rings is 1. The predicted molar refractivity (Wildman–Crippen MR) is 85.5 cm³/mol. The molecule has 0 bridgehead atoms. The van der Waals surface area contributed by atoms with Gasteiger partial charge in [-0.15, -0.1) is 0 Å². The number of nitrogens with zero attached hydrogens (tertiary/aromatic N) is 2. The van der Waals surface area contributed by atoms with Gasteiger partial charge in [-0.05, 0) is 38.3 Å². The van der Waals surface area contributed by atoms with Crippen LogP contribution < -0.4 is 5.32 Å². The highest BCUT2D eigenvalue weighted by Crippen LogP contribution is 2.13. The first-order valence-corrected chi connectivity index (χ1v) is 7.76. The topological polar surface area (TPSA) is 65.5 Å². The predicted octanol–water partition coefficient (Wildman–Crippen LogP) is 2.38. The van der Waals surface area contributed by atoms with Crippen molar-refractivity contribution in [2.24, 2.45) is 5.92 Å². The largest absolute Gasteiger partial charge is 0.396 e. The Kier molecular flexibility index (Phi) is 7.75. The van der Waals surface area contributed by atoms with Gasteiger partial charge in [-0.3, -0.25) is 9.78 Å². The number of hydrogen-bond acceptors (Lipinski definition) is 4. The molecule has 0 spiro atoms. The summed E-state index contributed by atoms with van der Waals surface area (Å²) in [4.78, 5) is 18.2. The molecule has 5 heteroatoms. The van der Waals surface area contributed by atoms with E-state index in [0.29, 0.717) is 24.7 Å². The molecule has 2 N–H and O–H groups in total. The summed E-state index contributed by atoms with van der Waals surface area (Å²) in [5, 5.41) is 12.3. The van der Waals surface area contributed by atoms with E-state index in [9.17, 15) is 4.79 Å². The maximum atomic E-state index is 12.3. The molecular weight excluding hydrogens is 266 g/mol. The van der Waals surface area contributed by atoms with Crippen molar-refractivity contribution in [3.63, 3.8) is 0 Å². The normalized spacial score (nSPS) is 12.0. The summed E-state index contributed by atoms with van der Waals surface area (Å²) in [6.45, 7) is 8.41. The number of carbonyl (C=O) groups excluding carboxylic acids is 1. The number of amides is 1. The summed E-state index contributed by atoms with van der Waals surface area (Å²) in [5.41, 5.74) is 1.37. The Morgan fingerprint density at radius 2 is 2.10 bits per heavy atom. The second-order valence-corrected chi connectivity index (χ2v) is 5.07. The van der Waals surface area contributed by atoms with E-state index in [1.165, 1.54) is 0 Å². The van der Waals surface area contributed by atoms with E-state index in [1.54, 1.807) is 17.2 Å². The maximum Gasteiger partial charge on any atom is 0.272 e. The monoisotopic (exact) mass is 293 g/mol. The number of aromatic nitrogens is 1. The highest BCUT2D eigenvalue weighted by Gasteiger charge is 2.14. The zero-order valence-electron chi connectivity index (χ0n) is 13.3. The molecule has 1 amide bonds. The minimum atomic E-state index is -0.0361. The molecule has 0 aliphatic heterocycles. The van der Waals surface area contributed by atoms with E-state index in [4.69, 9.17) is 5.11 Å².